The lowest BCUT2D eigenvalue weighted by Crippen LogP contribution is -2.48. The molecule has 1 saturated heterocycles. The molecule has 2 aromatic rings. The molecule has 1 aliphatic rings. The average Bonchev–Trinajstić information content (AvgIpc) is 2.90. The number of aryl methyl sites for hydroxylation is 1. The van der Waals surface area contributed by atoms with Crippen molar-refractivity contribution in [2.24, 2.45) is 0 Å². The van der Waals surface area contributed by atoms with Crippen molar-refractivity contribution >= 4 is 29.1 Å². The van der Waals surface area contributed by atoms with Gasteiger partial charge in [0.1, 0.15) is 0 Å². The highest BCUT2D eigenvalue weighted by Gasteiger charge is 2.19. The molecule has 0 radical (unpaired) electrons. The highest BCUT2D eigenvalue weighted by atomic mass is 35.5. The highest BCUT2D eigenvalue weighted by Crippen LogP contribution is 2.24. The van der Waals surface area contributed by atoms with Crippen LogP contribution in [0, 0.1) is 6.92 Å². The van der Waals surface area contributed by atoms with Gasteiger partial charge in [-0.2, -0.15) is 5.10 Å². The number of benzene rings is 1. The Morgan fingerprint density at radius 3 is 2.74 bits per heavy atom. The van der Waals surface area contributed by atoms with Gasteiger partial charge in [-0.15, -0.1) is 0 Å². The molecule has 8 heteroatoms. The summed E-state index contributed by atoms with van der Waals surface area (Å²) >= 11 is 12.1. The van der Waals surface area contributed by atoms with E-state index < -0.39 is 0 Å². The van der Waals surface area contributed by atoms with Crippen LogP contribution in [-0.4, -0.2) is 47.0 Å². The lowest BCUT2D eigenvalue weighted by molar-refractivity contribution is 0.0124. The van der Waals surface area contributed by atoms with Crippen molar-refractivity contribution in [2.45, 2.75) is 6.92 Å². The van der Waals surface area contributed by atoms with Gasteiger partial charge in [-0.3, -0.25) is 10.2 Å². The Labute approximate surface area is 143 Å². The number of rotatable bonds is 3. The smallest absolute Gasteiger partial charge is 0.286 e. The minimum atomic E-state index is -0.242. The topological polar surface area (TPSA) is 59.4 Å². The molecule has 1 N–H and O–H groups in total. The third-order valence-electron chi connectivity index (χ3n) is 3.54. The van der Waals surface area contributed by atoms with Crippen LogP contribution < -0.4 is 5.43 Å². The molecule has 1 aromatic heterocycles. The molecule has 0 spiro atoms. The van der Waals surface area contributed by atoms with E-state index in [0.717, 1.165) is 5.56 Å². The maximum Gasteiger partial charge on any atom is 0.286 e. The molecule has 0 atom stereocenters. The molecule has 0 aliphatic carbocycles. The van der Waals surface area contributed by atoms with E-state index >= 15 is 0 Å². The van der Waals surface area contributed by atoms with Crippen LogP contribution in [-0.2, 0) is 4.74 Å². The van der Waals surface area contributed by atoms with E-state index in [9.17, 15) is 4.79 Å². The van der Waals surface area contributed by atoms with Crippen molar-refractivity contribution in [1.82, 2.24) is 20.2 Å². The molecule has 3 rings (SSSR count). The van der Waals surface area contributed by atoms with Gasteiger partial charge in [0.05, 0.1) is 23.9 Å². The van der Waals surface area contributed by atoms with Crippen molar-refractivity contribution in [1.29, 1.82) is 0 Å². The Morgan fingerprint density at radius 2 is 2.04 bits per heavy atom. The summed E-state index contributed by atoms with van der Waals surface area (Å²) in [4.78, 5) is 12.4. The van der Waals surface area contributed by atoms with Gasteiger partial charge in [0.25, 0.3) is 5.91 Å². The van der Waals surface area contributed by atoms with E-state index in [2.05, 4.69) is 10.5 Å². The zero-order chi connectivity index (χ0) is 16.4. The van der Waals surface area contributed by atoms with Gasteiger partial charge in [-0.1, -0.05) is 23.2 Å². The Bertz CT molecular complexity index is 726. The predicted molar refractivity (Wildman–Crippen MR) is 88.2 cm³/mol. The summed E-state index contributed by atoms with van der Waals surface area (Å²) in [6, 6.07) is 5.14. The number of hydrogen-bond donors (Lipinski definition) is 1. The fraction of sp³-hybridized carbons (Fsp3) is 0.333. The second-order valence-electron chi connectivity index (χ2n) is 5.24. The summed E-state index contributed by atoms with van der Waals surface area (Å²) in [6.07, 6.45) is 1.77. The Morgan fingerprint density at radius 1 is 1.30 bits per heavy atom. The molecule has 1 fully saturated rings. The summed E-state index contributed by atoms with van der Waals surface area (Å²) in [7, 11) is 0. The summed E-state index contributed by atoms with van der Waals surface area (Å²) in [5.74, 6) is -0.242. The van der Waals surface area contributed by atoms with Gasteiger partial charge in [0.2, 0.25) is 0 Å². The minimum absolute atomic E-state index is 0.242. The van der Waals surface area contributed by atoms with Gasteiger partial charge < -0.3 is 4.74 Å². The van der Waals surface area contributed by atoms with Crippen molar-refractivity contribution in [2.75, 3.05) is 26.3 Å². The second-order valence-corrected chi connectivity index (χ2v) is 6.09. The van der Waals surface area contributed by atoms with E-state index in [4.69, 9.17) is 27.9 Å². The SMILES string of the molecule is Cc1cn(-c2ccc(Cl)cc2Cl)nc1C(=O)NN1CCOCC1. The van der Waals surface area contributed by atoms with Crippen molar-refractivity contribution in [3.8, 4) is 5.69 Å². The van der Waals surface area contributed by atoms with Crippen LogP contribution in [0.2, 0.25) is 10.0 Å². The average molecular weight is 355 g/mol. The van der Waals surface area contributed by atoms with E-state index in [0.29, 0.717) is 47.7 Å². The number of nitrogens with one attached hydrogen (secondary N) is 1. The number of ether oxygens (including phenoxy) is 1. The van der Waals surface area contributed by atoms with Crippen molar-refractivity contribution < 1.29 is 9.53 Å². The fourth-order valence-electron chi connectivity index (χ4n) is 2.35. The van der Waals surface area contributed by atoms with E-state index in [1.54, 1.807) is 29.1 Å². The number of morpholine rings is 1. The van der Waals surface area contributed by atoms with Gasteiger partial charge in [0.15, 0.2) is 5.69 Å². The largest absolute Gasteiger partial charge is 0.379 e. The van der Waals surface area contributed by atoms with Crippen LogP contribution in [0.1, 0.15) is 16.1 Å². The molecule has 6 nitrogen and oxygen atoms in total. The zero-order valence-corrected chi connectivity index (χ0v) is 14.1. The second kappa shape index (κ2) is 6.88. The maximum atomic E-state index is 12.4. The molecule has 0 unspecified atom stereocenters. The van der Waals surface area contributed by atoms with Crippen LogP contribution in [0.5, 0.6) is 0 Å². The molecule has 0 bridgehead atoms. The molecule has 1 aliphatic heterocycles. The number of carbonyl (C=O) groups is 1. The zero-order valence-electron chi connectivity index (χ0n) is 12.6. The molecule has 1 amide bonds. The number of hydrazine groups is 1. The van der Waals surface area contributed by atoms with Crippen LogP contribution in [0.3, 0.4) is 0 Å². The number of halogens is 2. The number of carbonyl (C=O) groups excluding carboxylic acids is 1. The van der Waals surface area contributed by atoms with Crippen molar-refractivity contribution in [3.05, 3.63) is 45.7 Å². The number of amides is 1. The van der Waals surface area contributed by atoms with E-state index in [1.807, 2.05) is 11.9 Å². The first-order chi connectivity index (χ1) is 11.0. The summed E-state index contributed by atoms with van der Waals surface area (Å²) < 4.78 is 6.84. The van der Waals surface area contributed by atoms with E-state index in [-0.39, 0.29) is 5.91 Å². The molecular formula is C15H16Cl2N4O2. The molecule has 23 heavy (non-hydrogen) atoms. The first kappa shape index (κ1) is 16.3. The van der Waals surface area contributed by atoms with Gasteiger partial charge >= 0.3 is 0 Å². The third kappa shape index (κ3) is 3.67. The third-order valence-corrected chi connectivity index (χ3v) is 4.08. The molecule has 1 aromatic carbocycles. The standard InChI is InChI=1S/C15H16Cl2N4O2/c1-10-9-21(13-3-2-11(16)8-12(13)17)18-14(10)15(22)19-20-4-6-23-7-5-20/h2-3,8-9H,4-7H2,1H3,(H,19,22). The quantitative estimate of drug-likeness (QED) is 0.919. The lowest BCUT2D eigenvalue weighted by Gasteiger charge is -2.26. The Balaban J connectivity index is 1.81. The fourth-order valence-corrected chi connectivity index (χ4v) is 2.84. The van der Waals surface area contributed by atoms with Crippen LogP contribution >= 0.6 is 23.2 Å². The number of nitrogens with zero attached hydrogens (tertiary/aromatic N) is 3. The van der Waals surface area contributed by atoms with Crippen molar-refractivity contribution in [3.63, 3.8) is 0 Å². The van der Waals surface area contributed by atoms with E-state index in [1.165, 1.54) is 0 Å². The van der Waals surface area contributed by atoms with Crippen LogP contribution in [0.25, 0.3) is 5.69 Å². The van der Waals surface area contributed by atoms with Gasteiger partial charge in [-0.05, 0) is 25.1 Å². The number of hydrogen-bond acceptors (Lipinski definition) is 4. The van der Waals surface area contributed by atoms with Gasteiger partial charge in [0, 0.05) is 29.9 Å². The monoisotopic (exact) mass is 354 g/mol. The minimum Gasteiger partial charge on any atom is -0.379 e. The molecule has 122 valence electrons. The molecule has 2 heterocycles. The maximum absolute atomic E-state index is 12.4. The highest BCUT2D eigenvalue weighted by molar-refractivity contribution is 6.35. The normalized spacial score (nSPS) is 15.6. The number of aromatic nitrogens is 2. The molecule has 0 saturated carbocycles. The van der Waals surface area contributed by atoms with Crippen LogP contribution in [0.15, 0.2) is 24.4 Å². The lowest BCUT2D eigenvalue weighted by atomic mass is 10.2. The molecular weight excluding hydrogens is 339 g/mol. The first-order valence-electron chi connectivity index (χ1n) is 7.20. The Hall–Kier alpha value is -1.60. The summed E-state index contributed by atoms with van der Waals surface area (Å²) in [6.45, 7) is 4.37. The van der Waals surface area contributed by atoms with Gasteiger partial charge in [-0.25, -0.2) is 9.69 Å². The Kier molecular flexibility index (Phi) is 4.87. The first-order valence-corrected chi connectivity index (χ1v) is 7.95. The summed E-state index contributed by atoms with van der Waals surface area (Å²) in [5.41, 5.74) is 4.65. The van der Waals surface area contributed by atoms with Crippen LogP contribution in [0.4, 0.5) is 0 Å². The predicted octanol–water partition coefficient (Wildman–Crippen LogP) is 2.46. The summed E-state index contributed by atoms with van der Waals surface area (Å²) in [5, 5.41) is 7.21.